The second-order valence-corrected chi connectivity index (χ2v) is 4.93. The van der Waals surface area contributed by atoms with Gasteiger partial charge in [0, 0.05) is 23.5 Å². The van der Waals surface area contributed by atoms with Gasteiger partial charge in [-0.05, 0) is 30.4 Å². The molecule has 3 aromatic rings. The van der Waals surface area contributed by atoms with Crippen molar-refractivity contribution >= 4 is 24.4 Å². The molecule has 0 radical (unpaired) electrons. The average Bonchev–Trinajstić information content (AvgIpc) is 2.94. The van der Waals surface area contributed by atoms with Gasteiger partial charge in [0.2, 0.25) is 4.77 Å². The Balaban J connectivity index is 2.04. The zero-order valence-electron chi connectivity index (χ0n) is 11.7. The number of nitrogens with one attached hydrogen (secondary N) is 1. The molecule has 2 heterocycles. The van der Waals surface area contributed by atoms with Gasteiger partial charge in [0.15, 0.2) is 5.82 Å². The number of aromatic carboxylic acids is 1. The summed E-state index contributed by atoms with van der Waals surface area (Å²) in [5.74, 6) is -0.525. The van der Waals surface area contributed by atoms with E-state index in [-0.39, 0.29) is 5.56 Å². The van der Waals surface area contributed by atoms with Crippen LogP contribution in [0, 0.1) is 4.77 Å². The molecule has 2 N–H and O–H groups in total. The lowest BCUT2D eigenvalue weighted by molar-refractivity contribution is 0.0697. The number of hydrogen-bond acceptors (Lipinski definition) is 5. The number of aromatic amines is 1. The molecule has 8 heteroatoms. The van der Waals surface area contributed by atoms with Crippen molar-refractivity contribution in [1.82, 2.24) is 19.9 Å². The second-order valence-electron chi connectivity index (χ2n) is 4.54. The van der Waals surface area contributed by atoms with Crippen molar-refractivity contribution in [2.24, 2.45) is 5.10 Å². The summed E-state index contributed by atoms with van der Waals surface area (Å²) in [5, 5.41) is 20.3. The lowest BCUT2D eigenvalue weighted by atomic mass is 10.1. The van der Waals surface area contributed by atoms with Crippen molar-refractivity contribution in [3.8, 4) is 11.4 Å². The summed E-state index contributed by atoms with van der Waals surface area (Å²) in [7, 11) is 0. The molecule has 0 fully saturated rings. The topological polar surface area (TPSA) is 96.2 Å². The second kappa shape index (κ2) is 6.32. The Kier molecular flexibility index (Phi) is 4.07. The number of rotatable bonds is 4. The van der Waals surface area contributed by atoms with E-state index < -0.39 is 5.97 Å². The summed E-state index contributed by atoms with van der Waals surface area (Å²) >= 11 is 5.17. The first kappa shape index (κ1) is 14.8. The third-order valence-electron chi connectivity index (χ3n) is 3.07. The van der Waals surface area contributed by atoms with Crippen LogP contribution < -0.4 is 0 Å². The van der Waals surface area contributed by atoms with Crippen LogP contribution >= 0.6 is 12.2 Å². The van der Waals surface area contributed by atoms with Gasteiger partial charge in [-0.15, -0.1) is 0 Å². The van der Waals surface area contributed by atoms with Crippen LogP contribution in [0.4, 0.5) is 0 Å². The van der Waals surface area contributed by atoms with Crippen LogP contribution in [0.1, 0.15) is 15.9 Å². The third-order valence-corrected chi connectivity index (χ3v) is 3.34. The predicted molar refractivity (Wildman–Crippen MR) is 87.0 cm³/mol. The highest BCUT2D eigenvalue weighted by Crippen LogP contribution is 2.15. The molecule has 0 spiro atoms. The van der Waals surface area contributed by atoms with Crippen molar-refractivity contribution in [3.63, 3.8) is 0 Å². The molecule has 1 aromatic carbocycles. The van der Waals surface area contributed by atoms with E-state index in [1.165, 1.54) is 17.0 Å². The first-order valence-electron chi connectivity index (χ1n) is 6.61. The zero-order chi connectivity index (χ0) is 16.2. The van der Waals surface area contributed by atoms with E-state index in [9.17, 15) is 9.90 Å². The van der Waals surface area contributed by atoms with Gasteiger partial charge in [0.25, 0.3) is 0 Å². The first-order chi connectivity index (χ1) is 11.2. The molecule has 0 aliphatic carbocycles. The van der Waals surface area contributed by atoms with Crippen LogP contribution in [0.5, 0.6) is 0 Å². The van der Waals surface area contributed by atoms with Crippen molar-refractivity contribution < 1.29 is 9.90 Å². The minimum atomic E-state index is -1.02. The Morgan fingerprint density at radius 2 is 2.13 bits per heavy atom. The largest absolute Gasteiger partial charge is 0.478 e. The summed E-state index contributed by atoms with van der Waals surface area (Å²) in [4.78, 5) is 15.3. The van der Waals surface area contributed by atoms with Crippen molar-refractivity contribution in [2.75, 3.05) is 0 Å². The number of carbonyl (C=O) groups is 1. The standard InChI is InChI=1S/C15H11N5O2S/c21-14(22)12-6-2-1-4-10(12)9-17-20-13(18-19-15(20)23)11-5-3-7-16-8-11/h1-9H,(H,19,23)(H,21,22). The monoisotopic (exact) mass is 325 g/mol. The van der Waals surface area contributed by atoms with Crippen LogP contribution in [0.2, 0.25) is 0 Å². The Hall–Kier alpha value is -3.13. The minimum absolute atomic E-state index is 0.161. The fraction of sp³-hybridized carbons (Fsp3) is 0. The molecule has 0 saturated heterocycles. The number of nitrogens with zero attached hydrogens (tertiary/aromatic N) is 4. The van der Waals surface area contributed by atoms with Crippen molar-refractivity contribution in [1.29, 1.82) is 0 Å². The third kappa shape index (κ3) is 3.06. The van der Waals surface area contributed by atoms with Gasteiger partial charge in [-0.1, -0.05) is 18.2 Å². The molecule has 0 aliphatic heterocycles. The normalized spacial score (nSPS) is 11.0. The highest BCUT2D eigenvalue weighted by Gasteiger charge is 2.09. The molecule has 0 aliphatic rings. The minimum Gasteiger partial charge on any atom is -0.478 e. The van der Waals surface area contributed by atoms with E-state index >= 15 is 0 Å². The number of carboxylic acid groups (broad SMARTS) is 1. The highest BCUT2D eigenvalue weighted by atomic mass is 32.1. The molecular weight excluding hydrogens is 314 g/mol. The van der Waals surface area contributed by atoms with Crippen LogP contribution in [-0.2, 0) is 0 Å². The molecular formula is C15H11N5O2S. The van der Waals surface area contributed by atoms with E-state index in [0.29, 0.717) is 16.2 Å². The lowest BCUT2D eigenvalue weighted by Gasteiger charge is -2.02. The van der Waals surface area contributed by atoms with Gasteiger partial charge in [-0.2, -0.15) is 14.9 Å². The van der Waals surface area contributed by atoms with E-state index in [0.717, 1.165) is 5.56 Å². The maximum absolute atomic E-state index is 11.2. The Labute approximate surface area is 136 Å². The number of H-pyrrole nitrogens is 1. The fourth-order valence-electron chi connectivity index (χ4n) is 2.00. The van der Waals surface area contributed by atoms with Crippen molar-refractivity contribution in [3.05, 3.63) is 64.7 Å². The van der Waals surface area contributed by atoms with E-state index in [4.69, 9.17) is 12.2 Å². The van der Waals surface area contributed by atoms with Gasteiger partial charge >= 0.3 is 5.97 Å². The first-order valence-corrected chi connectivity index (χ1v) is 7.02. The molecule has 7 nitrogen and oxygen atoms in total. The average molecular weight is 325 g/mol. The Morgan fingerprint density at radius 1 is 1.30 bits per heavy atom. The quantitative estimate of drug-likeness (QED) is 0.568. The molecule has 23 heavy (non-hydrogen) atoms. The van der Waals surface area contributed by atoms with Gasteiger partial charge in [-0.25, -0.2) is 9.89 Å². The molecule has 3 rings (SSSR count). The van der Waals surface area contributed by atoms with Gasteiger partial charge in [-0.3, -0.25) is 4.98 Å². The molecule has 0 saturated carbocycles. The predicted octanol–water partition coefficient (Wildman–Crippen LogP) is 2.58. The van der Waals surface area contributed by atoms with E-state index in [2.05, 4.69) is 20.3 Å². The van der Waals surface area contributed by atoms with Gasteiger partial charge < -0.3 is 5.11 Å². The number of benzene rings is 1. The van der Waals surface area contributed by atoms with Gasteiger partial charge in [0.05, 0.1) is 11.8 Å². The van der Waals surface area contributed by atoms with Crippen LogP contribution in [0.25, 0.3) is 11.4 Å². The van der Waals surface area contributed by atoms with Crippen LogP contribution in [0.15, 0.2) is 53.9 Å². The summed E-state index contributed by atoms with van der Waals surface area (Å²) in [5.41, 5.74) is 1.37. The van der Waals surface area contributed by atoms with Gasteiger partial charge in [0.1, 0.15) is 0 Å². The van der Waals surface area contributed by atoms with E-state index in [1.807, 2.05) is 6.07 Å². The molecule has 2 aromatic heterocycles. The number of pyridine rings is 1. The molecule has 114 valence electrons. The highest BCUT2D eigenvalue weighted by molar-refractivity contribution is 7.71. The van der Waals surface area contributed by atoms with Crippen molar-refractivity contribution in [2.45, 2.75) is 0 Å². The number of hydrogen-bond donors (Lipinski definition) is 2. The number of aromatic nitrogens is 4. The summed E-state index contributed by atoms with van der Waals surface area (Å²) < 4.78 is 1.72. The lowest BCUT2D eigenvalue weighted by Crippen LogP contribution is -2.02. The summed E-state index contributed by atoms with van der Waals surface area (Å²) in [6.45, 7) is 0. The number of carboxylic acids is 1. The van der Waals surface area contributed by atoms with Crippen LogP contribution in [-0.4, -0.2) is 37.1 Å². The Bertz CT molecular complexity index is 930. The summed E-state index contributed by atoms with van der Waals surface area (Å²) in [6.07, 6.45) is 4.73. The molecule has 0 atom stereocenters. The molecule has 0 bridgehead atoms. The molecule has 0 amide bonds. The zero-order valence-corrected chi connectivity index (χ0v) is 12.6. The SMILES string of the molecule is O=C(O)c1ccccc1C=Nn1c(-c2cccnc2)n[nH]c1=S. The van der Waals surface area contributed by atoms with Crippen LogP contribution in [0.3, 0.4) is 0 Å². The van der Waals surface area contributed by atoms with E-state index in [1.54, 1.807) is 36.7 Å². The maximum Gasteiger partial charge on any atom is 0.336 e. The fourth-order valence-corrected chi connectivity index (χ4v) is 2.18. The molecule has 0 unspecified atom stereocenters. The maximum atomic E-state index is 11.2. The smallest absolute Gasteiger partial charge is 0.336 e. The summed E-state index contributed by atoms with van der Waals surface area (Å²) in [6, 6.07) is 10.2. The Morgan fingerprint density at radius 3 is 2.87 bits per heavy atom.